The predicted molar refractivity (Wildman–Crippen MR) is 57.5 cm³/mol. The molecule has 0 heterocycles. The van der Waals surface area contributed by atoms with Gasteiger partial charge in [0.05, 0.1) is 5.56 Å². The first-order chi connectivity index (χ1) is 6.16. The Morgan fingerprint density at radius 3 is 2.85 bits per heavy atom. The van der Waals surface area contributed by atoms with E-state index in [4.69, 9.17) is 5.11 Å². The third-order valence-corrected chi connectivity index (χ3v) is 3.09. The summed E-state index contributed by atoms with van der Waals surface area (Å²) in [6.07, 6.45) is 0. The van der Waals surface area contributed by atoms with Crippen LogP contribution in [-0.2, 0) is 0 Å². The van der Waals surface area contributed by atoms with Gasteiger partial charge in [0, 0.05) is 9.37 Å². The van der Waals surface area contributed by atoms with Crippen molar-refractivity contribution in [1.29, 1.82) is 0 Å². The van der Waals surface area contributed by atoms with Crippen LogP contribution in [0.4, 0.5) is 0 Å². The number of hydrogen-bond acceptors (Lipinski definition) is 2. The van der Waals surface area contributed by atoms with Crippen molar-refractivity contribution in [2.45, 2.75) is 11.8 Å². The molecule has 0 aliphatic carbocycles. The molecule has 1 aromatic carbocycles. The normalized spacial score (nSPS) is 10.0. The highest BCUT2D eigenvalue weighted by atomic mass is 79.9. The summed E-state index contributed by atoms with van der Waals surface area (Å²) in [5.41, 5.74) is 0.356. The second-order valence-corrected chi connectivity index (χ2v) is 4.51. The van der Waals surface area contributed by atoms with E-state index >= 15 is 0 Å². The minimum absolute atomic E-state index is 0.356. The van der Waals surface area contributed by atoms with E-state index in [1.54, 1.807) is 6.07 Å². The smallest absolute Gasteiger partial charge is 0.337 e. The average Bonchev–Trinajstić information content (AvgIpc) is 2.04. The number of thioether (sulfide) groups is 1. The first-order valence-electron chi connectivity index (χ1n) is 3.81. The number of carbonyl (C=O) groups is 1. The maximum absolute atomic E-state index is 10.9. The van der Waals surface area contributed by atoms with Gasteiger partial charge in [-0.05, 0) is 33.8 Å². The molecule has 0 spiro atoms. The Morgan fingerprint density at radius 1 is 1.62 bits per heavy atom. The molecule has 0 saturated heterocycles. The zero-order valence-corrected chi connectivity index (χ0v) is 9.48. The third kappa shape index (κ3) is 2.48. The lowest BCUT2D eigenvalue weighted by atomic mass is 10.2. The predicted octanol–water partition coefficient (Wildman–Crippen LogP) is 3.26. The molecule has 0 radical (unpaired) electrons. The largest absolute Gasteiger partial charge is 0.478 e. The van der Waals surface area contributed by atoms with Crippen molar-refractivity contribution in [3.05, 3.63) is 28.2 Å². The Bertz CT molecular complexity index is 325. The summed E-state index contributed by atoms with van der Waals surface area (Å²) in [4.78, 5) is 11.7. The number of carboxylic acid groups (broad SMARTS) is 1. The quantitative estimate of drug-likeness (QED) is 0.848. The first-order valence-corrected chi connectivity index (χ1v) is 5.59. The van der Waals surface area contributed by atoms with E-state index in [2.05, 4.69) is 15.9 Å². The van der Waals surface area contributed by atoms with Gasteiger partial charge in [-0.15, -0.1) is 11.8 Å². The third-order valence-electron chi connectivity index (χ3n) is 1.49. The van der Waals surface area contributed by atoms with Gasteiger partial charge in [-0.25, -0.2) is 4.79 Å². The van der Waals surface area contributed by atoms with Crippen molar-refractivity contribution in [1.82, 2.24) is 0 Å². The molecular weight excluding hydrogens is 252 g/mol. The van der Waals surface area contributed by atoms with Gasteiger partial charge < -0.3 is 5.11 Å². The Hall–Kier alpha value is -0.480. The minimum atomic E-state index is -0.886. The molecular formula is C9H9BrO2S. The molecule has 2 nitrogen and oxygen atoms in total. The number of aromatic carboxylic acids is 1. The summed E-state index contributed by atoms with van der Waals surface area (Å²) in [5.74, 6) is -0.0140. The molecule has 0 atom stereocenters. The fourth-order valence-corrected chi connectivity index (χ4v) is 2.48. The standard InChI is InChI=1S/C9H9BrO2S/c1-2-13-7-5-3-4-6(10)8(7)9(11)12/h3-5H,2H2,1H3,(H,11,12). The number of carboxylic acids is 1. The zero-order chi connectivity index (χ0) is 9.84. The summed E-state index contributed by atoms with van der Waals surface area (Å²) in [7, 11) is 0. The van der Waals surface area contributed by atoms with Crippen LogP contribution in [0.15, 0.2) is 27.6 Å². The van der Waals surface area contributed by atoms with E-state index in [0.29, 0.717) is 10.0 Å². The SMILES string of the molecule is CCSc1cccc(Br)c1C(=O)O. The van der Waals surface area contributed by atoms with Crippen molar-refractivity contribution >= 4 is 33.7 Å². The van der Waals surface area contributed by atoms with E-state index in [-0.39, 0.29) is 0 Å². The highest BCUT2D eigenvalue weighted by molar-refractivity contribution is 9.10. The Morgan fingerprint density at radius 2 is 2.31 bits per heavy atom. The molecule has 4 heteroatoms. The molecule has 13 heavy (non-hydrogen) atoms. The van der Waals surface area contributed by atoms with Crippen LogP contribution in [0.3, 0.4) is 0 Å². The molecule has 0 amide bonds. The fraction of sp³-hybridized carbons (Fsp3) is 0.222. The summed E-state index contributed by atoms with van der Waals surface area (Å²) < 4.78 is 0.637. The van der Waals surface area contributed by atoms with E-state index in [1.807, 2.05) is 19.1 Å². The maximum atomic E-state index is 10.9. The molecule has 1 N–H and O–H groups in total. The second-order valence-electron chi connectivity index (χ2n) is 2.35. The van der Waals surface area contributed by atoms with E-state index < -0.39 is 5.97 Å². The molecule has 0 bridgehead atoms. The Labute approximate surface area is 89.5 Å². The van der Waals surface area contributed by atoms with Crippen LogP contribution < -0.4 is 0 Å². The molecule has 0 saturated carbocycles. The van der Waals surface area contributed by atoms with Crippen LogP contribution in [0.5, 0.6) is 0 Å². The van der Waals surface area contributed by atoms with Crippen LogP contribution in [0, 0.1) is 0 Å². The molecule has 1 aromatic rings. The maximum Gasteiger partial charge on any atom is 0.337 e. The van der Waals surface area contributed by atoms with Crippen molar-refractivity contribution < 1.29 is 9.90 Å². The summed E-state index contributed by atoms with van der Waals surface area (Å²) in [6.45, 7) is 2.00. The van der Waals surface area contributed by atoms with Crippen LogP contribution in [0.25, 0.3) is 0 Å². The van der Waals surface area contributed by atoms with E-state index in [1.165, 1.54) is 11.8 Å². The summed E-state index contributed by atoms with van der Waals surface area (Å²) >= 11 is 4.76. The molecule has 0 aliphatic rings. The van der Waals surface area contributed by atoms with Crippen LogP contribution in [0.1, 0.15) is 17.3 Å². The first kappa shape index (κ1) is 10.6. The van der Waals surface area contributed by atoms with Gasteiger partial charge in [-0.2, -0.15) is 0 Å². The van der Waals surface area contributed by atoms with E-state index in [0.717, 1.165) is 10.6 Å². The molecule has 0 unspecified atom stereocenters. The molecule has 0 aliphatic heterocycles. The summed E-state index contributed by atoms with van der Waals surface area (Å²) in [5, 5.41) is 8.93. The van der Waals surface area contributed by atoms with Crippen molar-refractivity contribution in [3.63, 3.8) is 0 Å². The monoisotopic (exact) mass is 260 g/mol. The molecule has 0 aromatic heterocycles. The Balaban J connectivity index is 3.17. The molecule has 0 fully saturated rings. The number of rotatable bonds is 3. The van der Waals surface area contributed by atoms with Gasteiger partial charge in [-0.1, -0.05) is 13.0 Å². The van der Waals surface area contributed by atoms with Crippen LogP contribution in [0.2, 0.25) is 0 Å². The van der Waals surface area contributed by atoms with Crippen molar-refractivity contribution in [2.75, 3.05) is 5.75 Å². The Kier molecular flexibility index (Phi) is 3.81. The van der Waals surface area contributed by atoms with Crippen LogP contribution >= 0.6 is 27.7 Å². The van der Waals surface area contributed by atoms with Crippen molar-refractivity contribution in [3.8, 4) is 0 Å². The van der Waals surface area contributed by atoms with Gasteiger partial charge in [0.1, 0.15) is 0 Å². The molecule has 70 valence electrons. The van der Waals surface area contributed by atoms with Crippen LogP contribution in [-0.4, -0.2) is 16.8 Å². The topological polar surface area (TPSA) is 37.3 Å². The lowest BCUT2D eigenvalue weighted by Crippen LogP contribution is -2.00. The number of hydrogen-bond donors (Lipinski definition) is 1. The highest BCUT2D eigenvalue weighted by Crippen LogP contribution is 2.28. The van der Waals surface area contributed by atoms with Gasteiger partial charge in [-0.3, -0.25) is 0 Å². The van der Waals surface area contributed by atoms with E-state index in [9.17, 15) is 4.79 Å². The lowest BCUT2D eigenvalue weighted by molar-refractivity contribution is 0.0692. The minimum Gasteiger partial charge on any atom is -0.478 e. The van der Waals surface area contributed by atoms with Crippen molar-refractivity contribution in [2.24, 2.45) is 0 Å². The fourth-order valence-electron chi connectivity index (χ4n) is 0.988. The lowest BCUT2D eigenvalue weighted by Gasteiger charge is -2.05. The van der Waals surface area contributed by atoms with Gasteiger partial charge in [0.2, 0.25) is 0 Å². The molecule has 1 rings (SSSR count). The van der Waals surface area contributed by atoms with Gasteiger partial charge in [0.25, 0.3) is 0 Å². The zero-order valence-electron chi connectivity index (χ0n) is 7.08. The second kappa shape index (κ2) is 4.67. The van der Waals surface area contributed by atoms with Gasteiger partial charge >= 0.3 is 5.97 Å². The number of benzene rings is 1. The average molecular weight is 261 g/mol. The van der Waals surface area contributed by atoms with Gasteiger partial charge in [0.15, 0.2) is 0 Å². The highest BCUT2D eigenvalue weighted by Gasteiger charge is 2.13. The summed E-state index contributed by atoms with van der Waals surface area (Å²) in [6, 6.07) is 5.40. The number of halogens is 1.